The molecule has 8 nitrogen and oxygen atoms in total. The number of ether oxygens (including phenoxy) is 2. The molecule has 3 rings (SSSR count). The van der Waals surface area contributed by atoms with Gasteiger partial charge < -0.3 is 9.47 Å². The highest BCUT2D eigenvalue weighted by atomic mass is 32.1. The molecule has 1 aromatic carbocycles. The van der Waals surface area contributed by atoms with E-state index in [9.17, 15) is 4.79 Å². The van der Waals surface area contributed by atoms with E-state index in [1.54, 1.807) is 24.3 Å². The third-order valence-electron chi connectivity index (χ3n) is 3.90. The van der Waals surface area contributed by atoms with Crippen LogP contribution < -0.4 is 14.8 Å². The topological polar surface area (TPSA) is 94.1 Å². The Balaban J connectivity index is 1.89. The number of aromatic nitrogens is 4. The number of allylic oxidation sites excluding steroid dienone is 1. The lowest BCUT2D eigenvalue weighted by molar-refractivity contribution is 0.102. The van der Waals surface area contributed by atoms with Crippen LogP contribution in [-0.2, 0) is 6.54 Å². The average Bonchev–Trinajstić information content (AvgIpc) is 3.23. The van der Waals surface area contributed by atoms with Crippen LogP contribution in [0.1, 0.15) is 16.1 Å². The summed E-state index contributed by atoms with van der Waals surface area (Å²) in [5, 5.41) is 10.3. The van der Waals surface area contributed by atoms with Crippen molar-refractivity contribution in [2.75, 3.05) is 19.5 Å². The maximum Gasteiger partial charge on any atom is 0.257 e. The molecule has 0 saturated carbocycles. The maximum atomic E-state index is 12.7. The van der Waals surface area contributed by atoms with Crippen LogP contribution in [0, 0.1) is 11.7 Å². The number of H-pyrrole nitrogens is 1. The van der Waals surface area contributed by atoms with Crippen LogP contribution >= 0.6 is 23.6 Å². The molecule has 0 spiro atoms. The minimum absolute atomic E-state index is 0.317. The first-order valence-electron chi connectivity index (χ1n) is 8.25. The number of carbonyl (C=O) groups excluding carboxylic acids is 1. The van der Waals surface area contributed by atoms with Gasteiger partial charge in [-0.15, -0.1) is 6.58 Å². The Morgan fingerprint density at radius 1 is 1.36 bits per heavy atom. The number of aryl methyl sites for hydroxylation is 1. The average molecular weight is 418 g/mol. The van der Waals surface area contributed by atoms with E-state index in [0.717, 1.165) is 10.6 Å². The minimum atomic E-state index is -0.317. The van der Waals surface area contributed by atoms with E-state index in [1.807, 2.05) is 11.5 Å². The van der Waals surface area contributed by atoms with Gasteiger partial charge in [-0.25, -0.2) is 4.98 Å². The Bertz CT molecular complexity index is 1060. The molecule has 2 aromatic heterocycles. The molecule has 0 radical (unpaired) electrons. The van der Waals surface area contributed by atoms with Gasteiger partial charge in [-0.2, -0.15) is 5.10 Å². The first-order valence-corrected chi connectivity index (χ1v) is 9.47. The van der Waals surface area contributed by atoms with Gasteiger partial charge >= 0.3 is 0 Å². The predicted molar refractivity (Wildman–Crippen MR) is 111 cm³/mol. The van der Waals surface area contributed by atoms with Crippen molar-refractivity contribution in [3.63, 3.8) is 0 Å². The molecule has 1 amide bonds. The molecule has 0 aliphatic carbocycles. The molecule has 0 unspecified atom stereocenters. The van der Waals surface area contributed by atoms with E-state index >= 15 is 0 Å². The smallest absolute Gasteiger partial charge is 0.257 e. The second kappa shape index (κ2) is 8.36. The lowest BCUT2D eigenvalue weighted by Gasteiger charge is -2.08. The van der Waals surface area contributed by atoms with Gasteiger partial charge in [0, 0.05) is 18.2 Å². The second-order valence-electron chi connectivity index (χ2n) is 5.74. The largest absolute Gasteiger partial charge is 0.497 e. The second-order valence-corrected chi connectivity index (χ2v) is 7.13. The summed E-state index contributed by atoms with van der Waals surface area (Å²) in [6.07, 6.45) is 1.74. The van der Waals surface area contributed by atoms with E-state index < -0.39 is 0 Å². The van der Waals surface area contributed by atoms with Crippen LogP contribution in [0.15, 0.2) is 30.9 Å². The van der Waals surface area contributed by atoms with E-state index in [1.165, 1.54) is 25.6 Å². The maximum absolute atomic E-state index is 12.7. The van der Waals surface area contributed by atoms with E-state index in [4.69, 9.17) is 21.7 Å². The van der Waals surface area contributed by atoms with Crippen molar-refractivity contribution in [3.05, 3.63) is 46.9 Å². The van der Waals surface area contributed by atoms with Crippen LogP contribution in [-0.4, -0.2) is 39.9 Å². The molecule has 10 heteroatoms. The molecular weight excluding hydrogens is 398 g/mol. The lowest BCUT2D eigenvalue weighted by Crippen LogP contribution is -2.12. The lowest BCUT2D eigenvalue weighted by atomic mass is 10.2. The number of hydrogen-bond acceptors (Lipinski definition) is 7. The number of amides is 1. The Morgan fingerprint density at radius 3 is 2.64 bits per heavy atom. The number of aromatic amines is 1. The molecule has 28 heavy (non-hydrogen) atoms. The number of thiazole rings is 1. The fraction of sp³-hybridized carbons (Fsp3) is 0.222. The first-order chi connectivity index (χ1) is 13.5. The van der Waals surface area contributed by atoms with Gasteiger partial charge in [-0.1, -0.05) is 17.4 Å². The molecule has 0 saturated heterocycles. The summed E-state index contributed by atoms with van der Waals surface area (Å²) in [7, 11) is 3.06. The Hall–Kier alpha value is -2.98. The number of anilines is 1. The monoisotopic (exact) mass is 417 g/mol. The third-order valence-corrected chi connectivity index (χ3v) is 5.28. The number of hydrogen-bond donors (Lipinski definition) is 2. The molecule has 0 aliphatic rings. The molecule has 2 N–H and O–H groups in total. The first kappa shape index (κ1) is 19.8. The van der Waals surface area contributed by atoms with Crippen LogP contribution in [0.2, 0.25) is 0 Å². The number of carbonyl (C=O) groups is 1. The zero-order valence-corrected chi connectivity index (χ0v) is 17.2. The van der Waals surface area contributed by atoms with Crippen molar-refractivity contribution in [1.29, 1.82) is 0 Å². The van der Waals surface area contributed by atoms with Crippen LogP contribution in [0.3, 0.4) is 0 Å². The summed E-state index contributed by atoms with van der Waals surface area (Å²) < 4.78 is 12.7. The standard InChI is InChI=1S/C18H19N5O3S2/c1-5-6-23-15(21-22-18(23)27)14-10(2)19-17(28-14)20-16(24)11-7-12(25-3)9-13(8-11)26-4/h5,7-9H,1,6H2,2-4H3,(H,22,27)(H,19,20,24). The van der Waals surface area contributed by atoms with Gasteiger partial charge in [0.1, 0.15) is 11.5 Å². The van der Waals surface area contributed by atoms with Crippen LogP contribution in [0.4, 0.5) is 5.13 Å². The van der Waals surface area contributed by atoms with Gasteiger partial charge in [0.2, 0.25) is 0 Å². The van der Waals surface area contributed by atoms with Crippen LogP contribution in [0.5, 0.6) is 11.5 Å². The number of nitrogens with one attached hydrogen (secondary N) is 2. The zero-order chi connectivity index (χ0) is 20.3. The zero-order valence-electron chi connectivity index (χ0n) is 15.6. The highest BCUT2D eigenvalue weighted by molar-refractivity contribution is 7.71. The summed E-state index contributed by atoms with van der Waals surface area (Å²) >= 11 is 6.58. The minimum Gasteiger partial charge on any atom is -0.497 e. The molecular formula is C18H19N5O3S2. The molecule has 2 heterocycles. The van der Waals surface area contributed by atoms with Crippen molar-refractivity contribution < 1.29 is 14.3 Å². The van der Waals surface area contributed by atoms with Crippen molar-refractivity contribution >= 4 is 34.6 Å². The Labute approximate surface area is 170 Å². The fourth-order valence-corrected chi connectivity index (χ4v) is 3.72. The summed E-state index contributed by atoms with van der Waals surface area (Å²) in [6, 6.07) is 4.97. The van der Waals surface area contributed by atoms with Gasteiger partial charge in [0.15, 0.2) is 15.7 Å². The highest BCUT2D eigenvalue weighted by Gasteiger charge is 2.18. The van der Waals surface area contributed by atoms with Crippen molar-refractivity contribution in [2.24, 2.45) is 0 Å². The Kier molecular flexibility index (Phi) is 5.90. The van der Waals surface area contributed by atoms with E-state index in [-0.39, 0.29) is 5.91 Å². The summed E-state index contributed by atoms with van der Waals surface area (Å²) in [5.74, 6) is 1.40. The number of nitrogens with zero attached hydrogens (tertiary/aromatic N) is 3. The molecule has 3 aromatic rings. The van der Waals surface area contributed by atoms with Gasteiger partial charge in [-0.05, 0) is 31.3 Å². The Morgan fingerprint density at radius 2 is 2.04 bits per heavy atom. The van der Waals surface area contributed by atoms with Crippen LogP contribution in [0.25, 0.3) is 10.7 Å². The molecule has 0 bridgehead atoms. The van der Waals surface area contributed by atoms with Gasteiger partial charge in [0.25, 0.3) is 5.91 Å². The van der Waals surface area contributed by atoms with Gasteiger partial charge in [-0.3, -0.25) is 19.8 Å². The summed E-state index contributed by atoms with van der Waals surface area (Å²) in [6.45, 7) is 6.12. The highest BCUT2D eigenvalue weighted by Crippen LogP contribution is 2.32. The molecule has 0 fully saturated rings. The van der Waals surface area contributed by atoms with E-state index in [0.29, 0.717) is 39.3 Å². The number of methoxy groups -OCH3 is 2. The quantitative estimate of drug-likeness (QED) is 0.448. The number of benzene rings is 1. The van der Waals surface area contributed by atoms with Crippen molar-refractivity contribution in [3.8, 4) is 22.2 Å². The van der Waals surface area contributed by atoms with Gasteiger partial charge in [0.05, 0.1) is 24.8 Å². The fourth-order valence-electron chi connectivity index (χ4n) is 2.55. The third kappa shape index (κ3) is 3.97. The van der Waals surface area contributed by atoms with Crippen molar-refractivity contribution in [1.82, 2.24) is 19.7 Å². The van der Waals surface area contributed by atoms with Crippen molar-refractivity contribution in [2.45, 2.75) is 13.5 Å². The van der Waals surface area contributed by atoms with E-state index in [2.05, 4.69) is 27.1 Å². The SMILES string of the molecule is C=CCn1c(-c2sc(NC(=O)c3cc(OC)cc(OC)c3)nc2C)n[nH]c1=S. The predicted octanol–water partition coefficient (Wildman–Crippen LogP) is 3.83. The molecule has 0 aliphatic heterocycles. The summed E-state index contributed by atoms with van der Waals surface area (Å²) in [5.41, 5.74) is 1.14. The molecule has 0 atom stereocenters. The summed E-state index contributed by atoms with van der Waals surface area (Å²) in [4.78, 5) is 17.9. The molecule has 146 valence electrons. The number of rotatable bonds is 7. The normalized spacial score (nSPS) is 10.5.